The molecule has 0 radical (unpaired) electrons. The van der Waals surface area contributed by atoms with Crippen molar-refractivity contribution in [3.8, 4) is 0 Å². The molecule has 1 aliphatic rings. The largest absolute Gasteiger partial charge is 0.311 e. The quantitative estimate of drug-likeness (QED) is 0.841. The molecule has 1 N–H and O–H groups in total. The van der Waals surface area contributed by atoms with E-state index in [1.54, 1.807) is 0 Å². The zero-order valence-electron chi connectivity index (χ0n) is 10.5. The first-order valence-electron chi connectivity index (χ1n) is 6.44. The lowest BCUT2D eigenvalue weighted by molar-refractivity contribution is 0.335. The van der Waals surface area contributed by atoms with Crippen LogP contribution in [0.4, 0.5) is 0 Å². The number of nitrogens with one attached hydrogen (secondary N) is 1. The number of hydrogen-bond donors (Lipinski definition) is 1. The van der Waals surface area contributed by atoms with Gasteiger partial charge in [-0.2, -0.15) is 0 Å². The van der Waals surface area contributed by atoms with E-state index in [0.717, 1.165) is 13.1 Å². The summed E-state index contributed by atoms with van der Waals surface area (Å²) in [7, 11) is 0. The highest BCUT2D eigenvalue weighted by molar-refractivity contribution is 9.10. The molecule has 0 bridgehead atoms. The van der Waals surface area contributed by atoms with Crippen LogP contribution >= 0.6 is 15.9 Å². The van der Waals surface area contributed by atoms with Gasteiger partial charge in [0.15, 0.2) is 0 Å². The Morgan fingerprint density at radius 3 is 2.76 bits per heavy atom. The maximum Gasteiger partial charge on any atom is 0.0206 e. The Kier molecular flexibility index (Phi) is 5.01. The molecule has 3 heteroatoms. The summed E-state index contributed by atoms with van der Waals surface area (Å²) in [4.78, 5) is 2.54. The second-order valence-corrected chi connectivity index (χ2v) is 5.66. The molecule has 1 aromatic rings. The van der Waals surface area contributed by atoms with Crippen LogP contribution in [0.3, 0.4) is 0 Å². The summed E-state index contributed by atoms with van der Waals surface area (Å²) >= 11 is 3.53. The van der Waals surface area contributed by atoms with Gasteiger partial charge >= 0.3 is 0 Å². The molecule has 17 heavy (non-hydrogen) atoms. The van der Waals surface area contributed by atoms with Crippen molar-refractivity contribution in [3.63, 3.8) is 0 Å². The Balaban J connectivity index is 1.68. The lowest BCUT2D eigenvalue weighted by Gasteiger charge is -2.14. The summed E-state index contributed by atoms with van der Waals surface area (Å²) in [5.74, 6) is 0. The average molecular weight is 297 g/mol. The summed E-state index contributed by atoms with van der Waals surface area (Å²) in [5, 5.41) is 3.52. The molecule has 0 spiro atoms. The van der Waals surface area contributed by atoms with E-state index in [4.69, 9.17) is 0 Å². The van der Waals surface area contributed by atoms with Crippen LogP contribution in [0.1, 0.15) is 24.0 Å². The van der Waals surface area contributed by atoms with Crippen molar-refractivity contribution >= 4 is 15.9 Å². The van der Waals surface area contributed by atoms with Gasteiger partial charge in [-0.05, 0) is 50.0 Å². The minimum absolute atomic E-state index is 0.974. The first kappa shape index (κ1) is 13.1. The molecule has 0 aliphatic carbocycles. The van der Waals surface area contributed by atoms with Crippen LogP contribution in [0.5, 0.6) is 0 Å². The van der Waals surface area contributed by atoms with E-state index < -0.39 is 0 Å². The van der Waals surface area contributed by atoms with Crippen molar-refractivity contribution in [2.75, 3.05) is 26.2 Å². The Morgan fingerprint density at radius 1 is 1.29 bits per heavy atom. The van der Waals surface area contributed by atoms with Crippen LogP contribution in [0.2, 0.25) is 0 Å². The third-order valence-corrected chi connectivity index (χ3v) is 4.24. The topological polar surface area (TPSA) is 15.3 Å². The van der Waals surface area contributed by atoms with Gasteiger partial charge in [0, 0.05) is 24.1 Å². The number of halogens is 1. The molecule has 0 aromatic heterocycles. The fraction of sp³-hybridized carbons (Fsp3) is 0.571. The fourth-order valence-corrected chi connectivity index (χ4v) is 2.54. The van der Waals surface area contributed by atoms with E-state index in [1.807, 2.05) is 0 Å². The lowest BCUT2D eigenvalue weighted by atomic mass is 10.1. The molecule has 0 amide bonds. The monoisotopic (exact) mass is 296 g/mol. The van der Waals surface area contributed by atoms with Crippen LogP contribution in [0, 0.1) is 6.92 Å². The molecule has 2 rings (SSSR count). The Hall–Kier alpha value is -0.380. The summed E-state index contributed by atoms with van der Waals surface area (Å²) in [6, 6.07) is 6.56. The molecule has 1 fully saturated rings. The number of aryl methyl sites for hydroxylation is 1. The van der Waals surface area contributed by atoms with Crippen LogP contribution < -0.4 is 5.32 Å². The Morgan fingerprint density at radius 2 is 2.06 bits per heavy atom. The van der Waals surface area contributed by atoms with E-state index >= 15 is 0 Å². The molecule has 94 valence electrons. The zero-order chi connectivity index (χ0) is 12.1. The third-order valence-electron chi connectivity index (χ3n) is 3.35. The summed E-state index contributed by atoms with van der Waals surface area (Å²) in [5.41, 5.74) is 2.68. The maximum absolute atomic E-state index is 3.53. The summed E-state index contributed by atoms with van der Waals surface area (Å²) in [6.45, 7) is 7.97. The summed E-state index contributed by atoms with van der Waals surface area (Å²) < 4.78 is 1.19. The minimum atomic E-state index is 0.974. The fourth-order valence-electron chi connectivity index (χ4n) is 2.29. The van der Waals surface area contributed by atoms with Gasteiger partial charge in [0.2, 0.25) is 0 Å². The van der Waals surface area contributed by atoms with Crippen LogP contribution in [-0.2, 0) is 6.54 Å². The SMILES string of the molecule is Cc1cc(CNCCN2CCCC2)ccc1Br. The van der Waals surface area contributed by atoms with Crippen molar-refractivity contribution in [1.29, 1.82) is 0 Å². The second-order valence-electron chi connectivity index (χ2n) is 4.81. The molecule has 1 aromatic carbocycles. The Bertz CT molecular complexity index is 359. The predicted octanol–water partition coefficient (Wildman–Crippen LogP) is 2.94. The van der Waals surface area contributed by atoms with E-state index in [1.165, 1.54) is 48.1 Å². The van der Waals surface area contributed by atoms with E-state index in [2.05, 4.69) is 51.3 Å². The third kappa shape index (κ3) is 4.09. The van der Waals surface area contributed by atoms with Gasteiger partial charge < -0.3 is 10.2 Å². The van der Waals surface area contributed by atoms with Gasteiger partial charge in [0.05, 0.1) is 0 Å². The minimum Gasteiger partial charge on any atom is -0.311 e. The Labute approximate surface area is 113 Å². The average Bonchev–Trinajstić information content (AvgIpc) is 2.82. The molecule has 2 nitrogen and oxygen atoms in total. The second kappa shape index (κ2) is 6.53. The highest BCUT2D eigenvalue weighted by Gasteiger charge is 2.09. The number of likely N-dealkylation sites (tertiary alicyclic amines) is 1. The van der Waals surface area contributed by atoms with Crippen molar-refractivity contribution in [3.05, 3.63) is 33.8 Å². The lowest BCUT2D eigenvalue weighted by Crippen LogP contribution is -2.29. The number of nitrogens with zero attached hydrogens (tertiary/aromatic N) is 1. The van der Waals surface area contributed by atoms with Crippen molar-refractivity contribution in [2.24, 2.45) is 0 Å². The van der Waals surface area contributed by atoms with Gasteiger partial charge in [0.25, 0.3) is 0 Å². The maximum atomic E-state index is 3.53. The zero-order valence-corrected chi connectivity index (χ0v) is 12.1. The molecule has 0 saturated carbocycles. The molecule has 0 unspecified atom stereocenters. The van der Waals surface area contributed by atoms with Gasteiger partial charge in [-0.25, -0.2) is 0 Å². The van der Waals surface area contributed by atoms with E-state index in [-0.39, 0.29) is 0 Å². The normalized spacial score (nSPS) is 16.6. The highest BCUT2D eigenvalue weighted by atomic mass is 79.9. The molecule has 0 atom stereocenters. The first-order chi connectivity index (χ1) is 8.25. The number of hydrogen-bond acceptors (Lipinski definition) is 2. The molecule has 1 saturated heterocycles. The standard InChI is InChI=1S/C14H21BrN2/c1-12-10-13(4-5-14(12)15)11-16-6-9-17-7-2-3-8-17/h4-5,10,16H,2-3,6-9,11H2,1H3. The van der Waals surface area contributed by atoms with Gasteiger partial charge in [0.1, 0.15) is 0 Å². The van der Waals surface area contributed by atoms with Gasteiger partial charge in [-0.15, -0.1) is 0 Å². The number of benzene rings is 1. The molecular formula is C14H21BrN2. The molecular weight excluding hydrogens is 276 g/mol. The van der Waals surface area contributed by atoms with Gasteiger partial charge in [-0.1, -0.05) is 28.1 Å². The van der Waals surface area contributed by atoms with Crippen molar-refractivity contribution in [1.82, 2.24) is 10.2 Å². The highest BCUT2D eigenvalue weighted by Crippen LogP contribution is 2.16. The van der Waals surface area contributed by atoms with E-state index in [9.17, 15) is 0 Å². The van der Waals surface area contributed by atoms with Crippen molar-refractivity contribution < 1.29 is 0 Å². The summed E-state index contributed by atoms with van der Waals surface area (Å²) in [6.07, 6.45) is 2.76. The van der Waals surface area contributed by atoms with E-state index in [0.29, 0.717) is 0 Å². The molecule has 1 heterocycles. The smallest absolute Gasteiger partial charge is 0.0206 e. The number of rotatable bonds is 5. The predicted molar refractivity (Wildman–Crippen MR) is 76.3 cm³/mol. The van der Waals surface area contributed by atoms with Crippen LogP contribution in [0.25, 0.3) is 0 Å². The van der Waals surface area contributed by atoms with Crippen molar-refractivity contribution in [2.45, 2.75) is 26.3 Å². The molecule has 1 aliphatic heterocycles. The van der Waals surface area contributed by atoms with Crippen LogP contribution in [0.15, 0.2) is 22.7 Å². The van der Waals surface area contributed by atoms with Gasteiger partial charge in [-0.3, -0.25) is 0 Å². The first-order valence-corrected chi connectivity index (χ1v) is 7.23. The van der Waals surface area contributed by atoms with Crippen LogP contribution in [-0.4, -0.2) is 31.1 Å².